The molecule has 1 aromatic carbocycles. The molecule has 0 spiro atoms. The molecule has 1 amide bonds. The van der Waals surface area contributed by atoms with Crippen molar-refractivity contribution in [3.05, 3.63) is 50.7 Å². The summed E-state index contributed by atoms with van der Waals surface area (Å²) in [5, 5.41) is 0. The number of benzene rings is 1. The van der Waals surface area contributed by atoms with Crippen molar-refractivity contribution in [2.45, 2.75) is 19.9 Å². The van der Waals surface area contributed by atoms with Crippen LogP contribution in [0.5, 0.6) is 5.75 Å². The predicted molar refractivity (Wildman–Crippen MR) is 108 cm³/mol. The van der Waals surface area contributed by atoms with E-state index in [9.17, 15) is 9.59 Å². The molecule has 5 nitrogen and oxygen atoms in total. The predicted octanol–water partition coefficient (Wildman–Crippen LogP) is 3.50. The van der Waals surface area contributed by atoms with E-state index in [0.717, 1.165) is 29.5 Å². The molecule has 1 aliphatic heterocycles. The molecule has 7 heteroatoms. The van der Waals surface area contributed by atoms with E-state index in [-0.39, 0.29) is 18.1 Å². The highest BCUT2D eigenvalue weighted by molar-refractivity contribution is 7.16. The second-order valence-electron chi connectivity index (χ2n) is 6.62. The Kier molecular flexibility index (Phi) is 6.52. The van der Waals surface area contributed by atoms with E-state index in [2.05, 4.69) is 11.0 Å². The molecule has 1 aromatic heterocycles. The fourth-order valence-corrected chi connectivity index (χ4v) is 4.35. The number of rotatable bonds is 6. The number of hydrogen-bond acceptors (Lipinski definition) is 5. The molecular formula is C20H23ClN2O3S. The van der Waals surface area contributed by atoms with Crippen molar-refractivity contribution in [2.24, 2.45) is 0 Å². The van der Waals surface area contributed by atoms with E-state index >= 15 is 0 Å². The lowest BCUT2D eigenvalue weighted by molar-refractivity contribution is -0.132. The van der Waals surface area contributed by atoms with Gasteiger partial charge in [-0.2, -0.15) is 0 Å². The maximum atomic E-state index is 12.7. The largest absolute Gasteiger partial charge is 0.496 e. The molecule has 0 unspecified atom stereocenters. The topological polar surface area (TPSA) is 49.9 Å². The average Bonchev–Trinajstić information content (AvgIpc) is 3.06. The summed E-state index contributed by atoms with van der Waals surface area (Å²) in [6.45, 7) is 5.47. The lowest BCUT2D eigenvalue weighted by Crippen LogP contribution is -2.48. The zero-order chi connectivity index (χ0) is 19.4. The molecule has 27 heavy (non-hydrogen) atoms. The molecule has 0 atom stereocenters. The molecule has 0 radical (unpaired) electrons. The second kappa shape index (κ2) is 8.87. The first kappa shape index (κ1) is 19.9. The number of piperazine rings is 1. The van der Waals surface area contributed by atoms with Gasteiger partial charge in [-0.15, -0.1) is 11.3 Å². The van der Waals surface area contributed by atoms with E-state index in [0.29, 0.717) is 24.4 Å². The Bertz CT molecular complexity index is 828. The number of thiophene rings is 1. The highest BCUT2D eigenvalue weighted by Crippen LogP contribution is 2.24. The van der Waals surface area contributed by atoms with Gasteiger partial charge in [-0.05, 0) is 37.3 Å². The van der Waals surface area contributed by atoms with Crippen LogP contribution in [0, 0.1) is 0 Å². The summed E-state index contributed by atoms with van der Waals surface area (Å²) in [7, 11) is 1.58. The molecular weight excluding hydrogens is 384 g/mol. The van der Waals surface area contributed by atoms with Crippen LogP contribution in [-0.2, 0) is 17.8 Å². The van der Waals surface area contributed by atoms with Crippen LogP contribution >= 0.6 is 22.9 Å². The van der Waals surface area contributed by atoms with Gasteiger partial charge in [-0.1, -0.05) is 11.6 Å². The monoisotopic (exact) mass is 406 g/mol. The summed E-state index contributed by atoms with van der Waals surface area (Å²) < 4.78 is 6.16. The van der Waals surface area contributed by atoms with Gasteiger partial charge in [0.2, 0.25) is 5.91 Å². The molecule has 0 N–H and O–H groups in total. The van der Waals surface area contributed by atoms with Crippen LogP contribution < -0.4 is 4.74 Å². The van der Waals surface area contributed by atoms with Crippen molar-refractivity contribution < 1.29 is 14.3 Å². The summed E-state index contributed by atoms with van der Waals surface area (Å²) in [6, 6.07) is 9.22. The summed E-state index contributed by atoms with van der Waals surface area (Å²) in [5.74, 6) is 0.683. The van der Waals surface area contributed by atoms with Crippen LogP contribution in [0.2, 0.25) is 4.34 Å². The highest BCUT2D eigenvalue weighted by atomic mass is 35.5. The van der Waals surface area contributed by atoms with Gasteiger partial charge in [0, 0.05) is 48.7 Å². The summed E-state index contributed by atoms with van der Waals surface area (Å²) >= 11 is 7.59. The van der Waals surface area contributed by atoms with Crippen LogP contribution in [-0.4, -0.2) is 54.8 Å². The third-order valence-electron chi connectivity index (χ3n) is 4.76. The minimum absolute atomic E-state index is 0.0198. The quantitative estimate of drug-likeness (QED) is 0.689. The fourth-order valence-electron chi connectivity index (χ4n) is 3.22. The molecule has 2 aromatic rings. The number of Topliss-reactive ketones (excluding diaryl/α,β-unsaturated/α-hetero) is 1. The van der Waals surface area contributed by atoms with Gasteiger partial charge in [0.25, 0.3) is 0 Å². The minimum atomic E-state index is -0.0198. The first-order valence-corrected chi connectivity index (χ1v) is 10.1. The first-order valence-electron chi connectivity index (χ1n) is 8.88. The summed E-state index contributed by atoms with van der Waals surface area (Å²) in [4.78, 5) is 29.8. The number of carbonyl (C=O) groups excluding carboxylic acids is 2. The lowest BCUT2D eigenvalue weighted by atomic mass is 10.0. The van der Waals surface area contributed by atoms with Crippen LogP contribution in [0.4, 0.5) is 0 Å². The summed E-state index contributed by atoms with van der Waals surface area (Å²) in [5.41, 5.74) is 1.35. The Balaban J connectivity index is 1.58. The zero-order valence-corrected chi connectivity index (χ0v) is 17.1. The van der Waals surface area contributed by atoms with Crippen LogP contribution in [0.25, 0.3) is 0 Å². The second-order valence-corrected chi connectivity index (χ2v) is 8.42. The lowest BCUT2D eigenvalue weighted by Gasteiger charge is -2.34. The third-order valence-corrected chi connectivity index (χ3v) is 5.98. The van der Waals surface area contributed by atoms with E-state index in [1.54, 1.807) is 36.6 Å². The number of carbonyl (C=O) groups is 2. The van der Waals surface area contributed by atoms with Crippen molar-refractivity contribution in [1.29, 1.82) is 0 Å². The Morgan fingerprint density at radius 1 is 1.15 bits per heavy atom. The molecule has 0 saturated carbocycles. The number of ketones is 1. The van der Waals surface area contributed by atoms with E-state index in [1.807, 2.05) is 11.0 Å². The van der Waals surface area contributed by atoms with Crippen LogP contribution in [0.3, 0.4) is 0 Å². The van der Waals surface area contributed by atoms with Gasteiger partial charge in [-0.3, -0.25) is 14.5 Å². The maximum absolute atomic E-state index is 12.7. The van der Waals surface area contributed by atoms with Crippen LogP contribution in [0.15, 0.2) is 30.3 Å². The molecule has 1 saturated heterocycles. The Morgan fingerprint density at radius 2 is 1.89 bits per heavy atom. The van der Waals surface area contributed by atoms with Crippen molar-refractivity contribution in [1.82, 2.24) is 9.80 Å². The van der Waals surface area contributed by atoms with E-state index in [1.165, 1.54) is 11.8 Å². The molecule has 1 aliphatic rings. The number of ether oxygens (including phenoxy) is 1. The third kappa shape index (κ3) is 5.09. The van der Waals surface area contributed by atoms with Gasteiger partial charge in [-0.25, -0.2) is 0 Å². The number of nitrogens with zero attached hydrogens (tertiary/aromatic N) is 2. The Hall–Kier alpha value is -1.89. The van der Waals surface area contributed by atoms with Gasteiger partial charge in [0.1, 0.15) is 5.75 Å². The zero-order valence-electron chi connectivity index (χ0n) is 15.5. The first-order chi connectivity index (χ1) is 13.0. The molecule has 0 bridgehead atoms. The SMILES string of the molecule is COc1ccc(C(C)=O)cc1CC(=O)N1CCN(Cc2ccc(Cl)s2)CC1. The van der Waals surface area contributed by atoms with Gasteiger partial charge < -0.3 is 9.64 Å². The van der Waals surface area contributed by atoms with Crippen molar-refractivity contribution in [3.8, 4) is 5.75 Å². The number of hydrogen-bond donors (Lipinski definition) is 0. The molecule has 144 valence electrons. The van der Waals surface area contributed by atoms with Crippen molar-refractivity contribution in [2.75, 3.05) is 33.3 Å². The van der Waals surface area contributed by atoms with Crippen LogP contribution in [0.1, 0.15) is 27.7 Å². The Labute approximate surface area is 168 Å². The molecule has 1 fully saturated rings. The molecule has 2 heterocycles. The van der Waals surface area contributed by atoms with Crippen molar-refractivity contribution in [3.63, 3.8) is 0 Å². The maximum Gasteiger partial charge on any atom is 0.227 e. The minimum Gasteiger partial charge on any atom is -0.496 e. The fraction of sp³-hybridized carbons (Fsp3) is 0.400. The number of amides is 1. The van der Waals surface area contributed by atoms with Gasteiger partial charge >= 0.3 is 0 Å². The summed E-state index contributed by atoms with van der Waals surface area (Å²) in [6.07, 6.45) is 0.241. The highest BCUT2D eigenvalue weighted by Gasteiger charge is 2.22. The molecule has 0 aliphatic carbocycles. The number of methoxy groups -OCH3 is 1. The normalized spacial score (nSPS) is 15.0. The van der Waals surface area contributed by atoms with Crippen molar-refractivity contribution >= 4 is 34.6 Å². The van der Waals surface area contributed by atoms with E-state index < -0.39 is 0 Å². The smallest absolute Gasteiger partial charge is 0.227 e. The Morgan fingerprint density at radius 3 is 2.48 bits per heavy atom. The molecule has 3 rings (SSSR count). The number of halogens is 1. The van der Waals surface area contributed by atoms with Gasteiger partial charge in [0.15, 0.2) is 5.78 Å². The van der Waals surface area contributed by atoms with E-state index in [4.69, 9.17) is 16.3 Å². The standard InChI is InChI=1S/C20H23ClN2O3S/c1-14(24)15-3-5-18(26-2)16(11-15)12-20(25)23-9-7-22(8-10-23)13-17-4-6-19(21)27-17/h3-6,11H,7-10,12-13H2,1-2H3. The van der Waals surface area contributed by atoms with Gasteiger partial charge in [0.05, 0.1) is 17.9 Å². The average molecular weight is 407 g/mol.